The average molecular weight is 284 g/mol. The number of aryl methyl sites for hydroxylation is 1. The number of benzene rings is 1. The highest BCUT2D eigenvalue weighted by Gasteiger charge is 2.07. The molecule has 1 aromatic carbocycles. The fourth-order valence-electron chi connectivity index (χ4n) is 2.16. The van der Waals surface area contributed by atoms with Crippen molar-refractivity contribution in [2.75, 3.05) is 13.7 Å². The third-order valence-corrected chi connectivity index (χ3v) is 3.36. The molecular formula is C17H20N2O2. The minimum atomic E-state index is -0.103. The number of aromatic nitrogens is 1. The quantitative estimate of drug-likeness (QED) is 0.887. The number of methoxy groups -OCH3 is 1. The first-order chi connectivity index (χ1) is 10.2. The predicted molar refractivity (Wildman–Crippen MR) is 82.6 cm³/mol. The van der Waals surface area contributed by atoms with E-state index < -0.39 is 0 Å². The summed E-state index contributed by atoms with van der Waals surface area (Å²) in [6, 6.07) is 9.69. The summed E-state index contributed by atoms with van der Waals surface area (Å²) in [6.07, 6.45) is 4.94. The summed E-state index contributed by atoms with van der Waals surface area (Å²) in [6.45, 7) is 2.69. The molecule has 0 saturated carbocycles. The van der Waals surface area contributed by atoms with Crippen LogP contribution in [0.15, 0.2) is 42.7 Å². The van der Waals surface area contributed by atoms with Crippen LogP contribution >= 0.6 is 0 Å². The summed E-state index contributed by atoms with van der Waals surface area (Å²) in [5.74, 6) is 0.761. The first-order valence-corrected chi connectivity index (χ1v) is 7.08. The maximum Gasteiger partial charge on any atom is 0.252 e. The highest BCUT2D eigenvalue weighted by Crippen LogP contribution is 2.20. The second-order valence-corrected chi connectivity index (χ2v) is 4.75. The average Bonchev–Trinajstić information content (AvgIpc) is 2.55. The van der Waals surface area contributed by atoms with Crippen molar-refractivity contribution in [2.45, 2.75) is 19.8 Å². The van der Waals surface area contributed by atoms with Gasteiger partial charge in [-0.05, 0) is 42.2 Å². The standard InChI is InChI=1S/C17H20N2O2/c1-3-13-6-7-16(21-2)14(11-13)8-10-19-17(20)15-5-4-9-18-12-15/h4-7,9,11-12H,3,8,10H2,1-2H3,(H,19,20). The van der Waals surface area contributed by atoms with Gasteiger partial charge in [-0.1, -0.05) is 19.1 Å². The van der Waals surface area contributed by atoms with Gasteiger partial charge in [-0.15, -0.1) is 0 Å². The second kappa shape index (κ2) is 7.43. The molecular weight excluding hydrogens is 264 g/mol. The highest BCUT2D eigenvalue weighted by atomic mass is 16.5. The Morgan fingerprint density at radius 2 is 2.19 bits per heavy atom. The Morgan fingerprint density at radius 1 is 1.33 bits per heavy atom. The number of hydrogen-bond donors (Lipinski definition) is 1. The Hall–Kier alpha value is -2.36. The maximum absolute atomic E-state index is 11.9. The molecule has 1 amide bonds. The van der Waals surface area contributed by atoms with Gasteiger partial charge in [-0.2, -0.15) is 0 Å². The van der Waals surface area contributed by atoms with Gasteiger partial charge in [-0.25, -0.2) is 0 Å². The van der Waals surface area contributed by atoms with Crippen LogP contribution < -0.4 is 10.1 Å². The SMILES string of the molecule is CCc1ccc(OC)c(CCNC(=O)c2cccnc2)c1. The molecule has 2 rings (SSSR count). The van der Waals surface area contributed by atoms with Gasteiger partial charge in [0.2, 0.25) is 0 Å². The van der Waals surface area contributed by atoms with Crippen molar-refractivity contribution in [1.82, 2.24) is 10.3 Å². The molecule has 0 spiro atoms. The van der Waals surface area contributed by atoms with Gasteiger partial charge < -0.3 is 10.1 Å². The molecule has 0 radical (unpaired) electrons. The summed E-state index contributed by atoms with van der Waals surface area (Å²) in [4.78, 5) is 15.9. The van der Waals surface area contributed by atoms with Crippen LogP contribution in [0, 0.1) is 0 Å². The van der Waals surface area contributed by atoms with Crippen molar-refractivity contribution in [3.8, 4) is 5.75 Å². The number of carbonyl (C=O) groups excluding carboxylic acids is 1. The Morgan fingerprint density at radius 3 is 2.86 bits per heavy atom. The molecule has 1 heterocycles. The summed E-state index contributed by atoms with van der Waals surface area (Å²) in [7, 11) is 1.67. The van der Waals surface area contributed by atoms with Crippen molar-refractivity contribution in [3.05, 3.63) is 59.4 Å². The van der Waals surface area contributed by atoms with E-state index in [2.05, 4.69) is 29.4 Å². The fourth-order valence-corrected chi connectivity index (χ4v) is 2.16. The third kappa shape index (κ3) is 4.05. The maximum atomic E-state index is 11.9. The summed E-state index contributed by atoms with van der Waals surface area (Å²) >= 11 is 0. The van der Waals surface area contributed by atoms with Crippen molar-refractivity contribution in [3.63, 3.8) is 0 Å². The van der Waals surface area contributed by atoms with Crippen molar-refractivity contribution in [1.29, 1.82) is 0 Å². The van der Waals surface area contributed by atoms with Crippen LogP contribution in [0.2, 0.25) is 0 Å². The molecule has 0 atom stereocenters. The van der Waals surface area contributed by atoms with Gasteiger partial charge in [0.1, 0.15) is 5.75 Å². The number of rotatable bonds is 6. The van der Waals surface area contributed by atoms with Crippen LogP contribution in [0.4, 0.5) is 0 Å². The van der Waals surface area contributed by atoms with Crippen LogP contribution in [0.25, 0.3) is 0 Å². The monoisotopic (exact) mass is 284 g/mol. The van der Waals surface area contributed by atoms with E-state index in [9.17, 15) is 4.79 Å². The number of carbonyl (C=O) groups is 1. The third-order valence-electron chi connectivity index (χ3n) is 3.36. The molecule has 0 aliphatic heterocycles. The lowest BCUT2D eigenvalue weighted by Gasteiger charge is -2.11. The zero-order valence-corrected chi connectivity index (χ0v) is 12.4. The summed E-state index contributed by atoms with van der Waals surface area (Å²) in [5, 5.41) is 2.90. The van der Waals surface area contributed by atoms with Crippen LogP contribution in [-0.4, -0.2) is 24.5 Å². The van der Waals surface area contributed by atoms with E-state index in [1.165, 1.54) is 5.56 Å². The second-order valence-electron chi connectivity index (χ2n) is 4.75. The highest BCUT2D eigenvalue weighted by molar-refractivity contribution is 5.93. The largest absolute Gasteiger partial charge is 0.496 e. The van der Waals surface area contributed by atoms with Gasteiger partial charge in [0.05, 0.1) is 12.7 Å². The lowest BCUT2D eigenvalue weighted by molar-refractivity contribution is 0.0953. The normalized spacial score (nSPS) is 10.2. The lowest BCUT2D eigenvalue weighted by Crippen LogP contribution is -2.25. The van der Waals surface area contributed by atoms with E-state index in [4.69, 9.17) is 4.74 Å². The zero-order valence-electron chi connectivity index (χ0n) is 12.4. The topological polar surface area (TPSA) is 51.2 Å². The van der Waals surface area contributed by atoms with Crippen LogP contribution in [0.3, 0.4) is 0 Å². The number of ether oxygens (including phenoxy) is 1. The van der Waals surface area contributed by atoms with Crippen LogP contribution in [-0.2, 0) is 12.8 Å². The molecule has 1 aromatic heterocycles. The van der Waals surface area contributed by atoms with E-state index in [-0.39, 0.29) is 5.91 Å². The van der Waals surface area contributed by atoms with E-state index >= 15 is 0 Å². The number of nitrogens with one attached hydrogen (secondary N) is 1. The molecule has 4 heteroatoms. The Labute approximate surface area is 125 Å². The minimum absolute atomic E-state index is 0.103. The Kier molecular flexibility index (Phi) is 5.32. The van der Waals surface area contributed by atoms with Gasteiger partial charge in [0.15, 0.2) is 0 Å². The van der Waals surface area contributed by atoms with Crippen LogP contribution in [0.5, 0.6) is 5.75 Å². The smallest absolute Gasteiger partial charge is 0.252 e. The number of amides is 1. The molecule has 0 saturated heterocycles. The molecule has 1 N–H and O–H groups in total. The molecule has 110 valence electrons. The Balaban J connectivity index is 1.95. The molecule has 4 nitrogen and oxygen atoms in total. The predicted octanol–water partition coefficient (Wildman–Crippen LogP) is 2.63. The van der Waals surface area contributed by atoms with Crippen LogP contribution in [0.1, 0.15) is 28.4 Å². The number of hydrogen-bond acceptors (Lipinski definition) is 3. The summed E-state index contributed by atoms with van der Waals surface area (Å²) in [5.41, 5.74) is 2.96. The fraction of sp³-hybridized carbons (Fsp3) is 0.294. The first-order valence-electron chi connectivity index (χ1n) is 7.08. The van der Waals surface area contributed by atoms with E-state index in [1.807, 2.05) is 6.07 Å². The minimum Gasteiger partial charge on any atom is -0.496 e. The number of pyridine rings is 1. The number of nitrogens with zero attached hydrogens (tertiary/aromatic N) is 1. The molecule has 0 bridgehead atoms. The van der Waals surface area contributed by atoms with Crippen molar-refractivity contribution >= 4 is 5.91 Å². The van der Waals surface area contributed by atoms with E-state index in [0.717, 1.165) is 24.2 Å². The molecule has 2 aromatic rings. The molecule has 21 heavy (non-hydrogen) atoms. The molecule has 0 fully saturated rings. The van der Waals surface area contributed by atoms with Gasteiger partial charge in [0, 0.05) is 18.9 Å². The van der Waals surface area contributed by atoms with Gasteiger partial charge >= 0.3 is 0 Å². The lowest BCUT2D eigenvalue weighted by atomic mass is 10.1. The zero-order chi connectivity index (χ0) is 15.1. The summed E-state index contributed by atoms with van der Waals surface area (Å²) < 4.78 is 5.36. The van der Waals surface area contributed by atoms with Gasteiger partial charge in [-0.3, -0.25) is 9.78 Å². The van der Waals surface area contributed by atoms with E-state index in [1.54, 1.807) is 31.6 Å². The Bertz CT molecular complexity index is 597. The molecule has 0 unspecified atom stereocenters. The first kappa shape index (κ1) is 15.0. The molecule has 0 aliphatic carbocycles. The van der Waals surface area contributed by atoms with E-state index in [0.29, 0.717) is 12.1 Å². The molecule has 0 aliphatic rings. The van der Waals surface area contributed by atoms with Crippen molar-refractivity contribution in [2.24, 2.45) is 0 Å². The van der Waals surface area contributed by atoms with Gasteiger partial charge in [0.25, 0.3) is 5.91 Å². The van der Waals surface area contributed by atoms with Crippen molar-refractivity contribution < 1.29 is 9.53 Å².